The number of aliphatic hydroxyl groups is 1. The Morgan fingerprint density at radius 1 is 1.15 bits per heavy atom. The second-order valence-corrected chi connectivity index (χ2v) is 10.7. The summed E-state index contributed by atoms with van der Waals surface area (Å²) in [4.78, 5) is 8.57. The van der Waals surface area contributed by atoms with Crippen molar-refractivity contribution in [2.24, 2.45) is 13.0 Å². The van der Waals surface area contributed by atoms with Crippen LogP contribution in [-0.4, -0.2) is 52.1 Å². The maximum Gasteiger partial charge on any atom is 0.267 e. The average molecular weight is 490 g/mol. The highest BCUT2D eigenvalue weighted by atomic mass is 32.2. The minimum atomic E-state index is -3.95. The van der Waals surface area contributed by atoms with Crippen LogP contribution in [0.5, 0.6) is 11.6 Å². The zero-order valence-electron chi connectivity index (χ0n) is 20.0. The molecule has 0 unspecified atom stereocenters. The molecule has 3 aromatic rings. The van der Waals surface area contributed by atoms with Crippen LogP contribution in [0.2, 0.25) is 0 Å². The number of benzene rings is 1. The summed E-state index contributed by atoms with van der Waals surface area (Å²) in [5.41, 5.74) is 0.285. The van der Waals surface area contributed by atoms with E-state index in [0.29, 0.717) is 24.6 Å². The standard InChI is InChI=1S/C23H31N5O5S/c1-16(2)15-33-18-8-6-17(7-9-18)20-12-21(32-11-10-23(3,4)29)26-22(25-20)27-34(30,31)19-13-24-28(5)14-19/h6-9,12-14,16,29H,10-11,15H2,1-5H3,(H,25,26,27). The molecule has 2 heterocycles. The van der Waals surface area contributed by atoms with Crippen LogP contribution in [0, 0.1) is 5.92 Å². The third kappa shape index (κ3) is 7.42. The van der Waals surface area contributed by atoms with E-state index in [0.717, 1.165) is 11.3 Å². The lowest BCUT2D eigenvalue weighted by Gasteiger charge is -2.17. The van der Waals surface area contributed by atoms with Gasteiger partial charge in [0.15, 0.2) is 0 Å². The van der Waals surface area contributed by atoms with Gasteiger partial charge in [-0.2, -0.15) is 10.1 Å². The molecule has 3 rings (SSSR count). The molecule has 0 amide bonds. The highest BCUT2D eigenvalue weighted by molar-refractivity contribution is 7.92. The van der Waals surface area contributed by atoms with E-state index in [9.17, 15) is 13.5 Å². The first-order valence-electron chi connectivity index (χ1n) is 10.9. The van der Waals surface area contributed by atoms with Gasteiger partial charge < -0.3 is 14.6 Å². The van der Waals surface area contributed by atoms with Gasteiger partial charge in [0.1, 0.15) is 10.6 Å². The molecule has 0 bridgehead atoms. The number of anilines is 1. The van der Waals surface area contributed by atoms with Crippen LogP contribution in [0.3, 0.4) is 0 Å². The number of hydrogen-bond donors (Lipinski definition) is 2. The van der Waals surface area contributed by atoms with Crippen molar-refractivity contribution in [1.29, 1.82) is 0 Å². The number of aryl methyl sites for hydroxylation is 1. The molecule has 0 saturated carbocycles. The van der Waals surface area contributed by atoms with Crippen LogP contribution >= 0.6 is 0 Å². The lowest BCUT2D eigenvalue weighted by atomic mass is 10.1. The molecular formula is C23H31N5O5S. The fourth-order valence-electron chi connectivity index (χ4n) is 2.80. The van der Waals surface area contributed by atoms with Crippen LogP contribution in [-0.2, 0) is 17.1 Å². The molecule has 2 aromatic heterocycles. The maximum atomic E-state index is 12.8. The molecule has 0 radical (unpaired) electrons. The average Bonchev–Trinajstić information content (AvgIpc) is 3.18. The quantitative estimate of drug-likeness (QED) is 0.420. The van der Waals surface area contributed by atoms with Crippen molar-refractivity contribution < 1.29 is 23.0 Å². The Bertz CT molecular complexity index is 1200. The Kier molecular flexibility index (Phi) is 7.78. The van der Waals surface area contributed by atoms with Crippen LogP contribution in [0.4, 0.5) is 5.95 Å². The van der Waals surface area contributed by atoms with Crippen LogP contribution in [0.15, 0.2) is 47.6 Å². The van der Waals surface area contributed by atoms with Gasteiger partial charge in [-0.05, 0) is 44.0 Å². The predicted molar refractivity (Wildman–Crippen MR) is 128 cm³/mol. The van der Waals surface area contributed by atoms with E-state index in [1.807, 2.05) is 24.3 Å². The number of ether oxygens (including phenoxy) is 2. The van der Waals surface area contributed by atoms with Crippen molar-refractivity contribution in [2.75, 3.05) is 17.9 Å². The Morgan fingerprint density at radius 3 is 2.44 bits per heavy atom. The normalized spacial score (nSPS) is 12.1. The van der Waals surface area contributed by atoms with Crippen LogP contribution in [0.25, 0.3) is 11.3 Å². The molecule has 11 heteroatoms. The molecule has 1 aromatic carbocycles. The third-order valence-electron chi connectivity index (χ3n) is 4.62. The fraction of sp³-hybridized carbons (Fsp3) is 0.435. The number of hydrogen-bond acceptors (Lipinski definition) is 8. The lowest BCUT2D eigenvalue weighted by Crippen LogP contribution is -2.22. The molecule has 0 spiro atoms. The molecule has 0 saturated heterocycles. The summed E-state index contributed by atoms with van der Waals surface area (Å²) in [6.45, 7) is 8.30. The van der Waals surface area contributed by atoms with E-state index in [4.69, 9.17) is 9.47 Å². The van der Waals surface area contributed by atoms with Gasteiger partial charge in [-0.15, -0.1) is 0 Å². The minimum Gasteiger partial charge on any atom is -0.493 e. The fourth-order valence-corrected chi connectivity index (χ4v) is 3.73. The second-order valence-electron chi connectivity index (χ2n) is 9.01. The molecule has 184 valence electrons. The molecule has 34 heavy (non-hydrogen) atoms. The van der Waals surface area contributed by atoms with Crippen molar-refractivity contribution >= 4 is 16.0 Å². The summed E-state index contributed by atoms with van der Waals surface area (Å²) >= 11 is 0. The van der Waals surface area contributed by atoms with E-state index < -0.39 is 15.6 Å². The summed E-state index contributed by atoms with van der Waals surface area (Å²) < 4.78 is 40.7. The summed E-state index contributed by atoms with van der Waals surface area (Å²) in [5, 5.41) is 13.8. The van der Waals surface area contributed by atoms with E-state index in [2.05, 4.69) is 33.6 Å². The van der Waals surface area contributed by atoms with Crippen molar-refractivity contribution in [3.63, 3.8) is 0 Å². The van der Waals surface area contributed by atoms with Crippen molar-refractivity contribution in [2.45, 2.75) is 44.6 Å². The molecule has 0 atom stereocenters. The van der Waals surface area contributed by atoms with Crippen molar-refractivity contribution in [3.8, 4) is 22.9 Å². The van der Waals surface area contributed by atoms with Crippen LogP contribution in [0.1, 0.15) is 34.1 Å². The van der Waals surface area contributed by atoms with Gasteiger partial charge in [-0.3, -0.25) is 4.68 Å². The van der Waals surface area contributed by atoms with Gasteiger partial charge in [-0.25, -0.2) is 18.1 Å². The largest absolute Gasteiger partial charge is 0.493 e. The Balaban J connectivity index is 1.89. The van der Waals surface area contributed by atoms with E-state index in [-0.39, 0.29) is 23.3 Å². The molecule has 0 aliphatic carbocycles. The van der Waals surface area contributed by atoms with Crippen molar-refractivity contribution in [3.05, 3.63) is 42.7 Å². The number of aromatic nitrogens is 4. The first-order chi connectivity index (χ1) is 15.9. The predicted octanol–water partition coefficient (Wildman–Crippen LogP) is 3.25. The first kappa shape index (κ1) is 25.4. The monoisotopic (exact) mass is 489 g/mol. The number of sulfonamides is 1. The van der Waals surface area contributed by atoms with E-state index >= 15 is 0 Å². The number of nitrogens with one attached hydrogen (secondary N) is 1. The zero-order valence-corrected chi connectivity index (χ0v) is 20.8. The third-order valence-corrected chi connectivity index (χ3v) is 5.90. The Labute approximate surface area is 200 Å². The summed E-state index contributed by atoms with van der Waals surface area (Å²) in [6, 6.07) is 8.94. The lowest BCUT2D eigenvalue weighted by molar-refractivity contribution is 0.0547. The van der Waals surface area contributed by atoms with Crippen molar-refractivity contribution in [1.82, 2.24) is 19.7 Å². The molecule has 0 aliphatic rings. The second kappa shape index (κ2) is 10.4. The molecule has 0 fully saturated rings. The summed E-state index contributed by atoms with van der Waals surface area (Å²) in [6.07, 6.45) is 2.98. The van der Waals surface area contributed by atoms with Gasteiger partial charge in [0.25, 0.3) is 10.0 Å². The SMILES string of the molecule is CC(C)COc1ccc(-c2cc(OCCC(C)(C)O)nc(NS(=O)(=O)c3cnn(C)c3)n2)cc1. The van der Waals surface area contributed by atoms with Gasteiger partial charge in [0.05, 0.1) is 30.7 Å². The Hall–Kier alpha value is -3.18. The maximum absolute atomic E-state index is 12.8. The molecule has 2 N–H and O–H groups in total. The summed E-state index contributed by atoms with van der Waals surface area (Å²) in [5.74, 6) is 1.17. The van der Waals surface area contributed by atoms with Gasteiger partial charge in [0.2, 0.25) is 11.8 Å². The molecule has 0 aliphatic heterocycles. The molecular weight excluding hydrogens is 458 g/mol. The smallest absolute Gasteiger partial charge is 0.267 e. The zero-order chi connectivity index (χ0) is 24.9. The van der Waals surface area contributed by atoms with Crippen LogP contribution < -0.4 is 14.2 Å². The topological polar surface area (TPSA) is 128 Å². The van der Waals surface area contributed by atoms with Gasteiger partial charge in [0, 0.05) is 31.3 Å². The van der Waals surface area contributed by atoms with E-state index in [1.165, 1.54) is 17.1 Å². The first-order valence-corrected chi connectivity index (χ1v) is 12.4. The number of rotatable bonds is 11. The highest BCUT2D eigenvalue weighted by Gasteiger charge is 2.20. The van der Waals surface area contributed by atoms with E-state index in [1.54, 1.807) is 27.0 Å². The number of nitrogens with zero attached hydrogens (tertiary/aromatic N) is 4. The Morgan fingerprint density at radius 2 is 1.85 bits per heavy atom. The van der Waals surface area contributed by atoms with Gasteiger partial charge >= 0.3 is 0 Å². The molecule has 10 nitrogen and oxygen atoms in total. The minimum absolute atomic E-state index is 0.0137. The summed E-state index contributed by atoms with van der Waals surface area (Å²) in [7, 11) is -2.32. The van der Waals surface area contributed by atoms with Gasteiger partial charge in [-0.1, -0.05) is 13.8 Å². The highest BCUT2D eigenvalue weighted by Crippen LogP contribution is 2.26.